The number of rotatable bonds is 3. The van der Waals surface area contributed by atoms with Crippen LogP contribution in [-0.2, 0) is 4.79 Å². The number of hydrogen-bond acceptors (Lipinski definition) is 3. The van der Waals surface area contributed by atoms with E-state index in [0.717, 1.165) is 28.1 Å². The first-order valence-electron chi connectivity index (χ1n) is 6.35. The van der Waals surface area contributed by atoms with E-state index in [9.17, 15) is 4.79 Å². The lowest BCUT2D eigenvalue weighted by atomic mass is 10.0. The fourth-order valence-corrected chi connectivity index (χ4v) is 3.15. The van der Waals surface area contributed by atoms with Crippen molar-refractivity contribution in [2.45, 2.75) is 5.25 Å². The van der Waals surface area contributed by atoms with E-state index in [4.69, 9.17) is 4.74 Å². The Hall–Kier alpha value is -1.94. The summed E-state index contributed by atoms with van der Waals surface area (Å²) in [5.74, 6) is 0.910. The van der Waals surface area contributed by atoms with E-state index in [1.807, 2.05) is 42.7 Å². The van der Waals surface area contributed by atoms with E-state index < -0.39 is 0 Å². The molecule has 1 unspecified atom stereocenters. The Morgan fingerprint density at radius 3 is 2.45 bits per heavy atom. The van der Waals surface area contributed by atoms with Gasteiger partial charge in [-0.1, -0.05) is 18.2 Å². The number of fused-ring (bicyclic) bond motifs is 1. The maximum Gasteiger partial charge on any atom is 0.242 e. The van der Waals surface area contributed by atoms with Crippen LogP contribution in [0.25, 0.3) is 11.1 Å². The van der Waals surface area contributed by atoms with Crippen LogP contribution in [0.3, 0.4) is 0 Å². The second-order valence-electron chi connectivity index (χ2n) is 4.64. The number of amides is 1. The van der Waals surface area contributed by atoms with Gasteiger partial charge in [0, 0.05) is 5.69 Å². The van der Waals surface area contributed by atoms with Crippen molar-refractivity contribution in [2.24, 2.45) is 0 Å². The monoisotopic (exact) mass is 285 g/mol. The summed E-state index contributed by atoms with van der Waals surface area (Å²) in [7, 11) is 1.66. The van der Waals surface area contributed by atoms with Gasteiger partial charge in [-0.2, -0.15) is 0 Å². The molecule has 4 heteroatoms. The topological polar surface area (TPSA) is 38.3 Å². The van der Waals surface area contributed by atoms with Gasteiger partial charge in [0.05, 0.1) is 7.11 Å². The molecule has 0 aromatic heterocycles. The van der Waals surface area contributed by atoms with Gasteiger partial charge < -0.3 is 10.1 Å². The highest BCUT2D eigenvalue weighted by Gasteiger charge is 2.29. The fourth-order valence-electron chi connectivity index (χ4n) is 2.43. The van der Waals surface area contributed by atoms with E-state index in [0.29, 0.717) is 0 Å². The highest BCUT2D eigenvalue weighted by atomic mass is 32.2. The van der Waals surface area contributed by atoms with Crippen LogP contribution >= 0.6 is 11.8 Å². The van der Waals surface area contributed by atoms with E-state index in [2.05, 4.69) is 11.4 Å². The molecule has 102 valence electrons. The van der Waals surface area contributed by atoms with E-state index >= 15 is 0 Å². The first-order valence-corrected chi connectivity index (χ1v) is 7.64. The average Bonchev–Trinajstić information content (AvgIpc) is 2.81. The number of anilines is 1. The zero-order valence-corrected chi connectivity index (χ0v) is 12.2. The first kappa shape index (κ1) is 13.1. The molecule has 0 saturated heterocycles. The molecule has 0 aliphatic carbocycles. The molecule has 1 aliphatic rings. The Morgan fingerprint density at radius 1 is 1.10 bits per heavy atom. The zero-order valence-electron chi connectivity index (χ0n) is 11.3. The maximum absolute atomic E-state index is 11.8. The lowest BCUT2D eigenvalue weighted by molar-refractivity contribution is -0.115. The van der Waals surface area contributed by atoms with Gasteiger partial charge in [-0.3, -0.25) is 4.79 Å². The number of ether oxygens (including phenoxy) is 1. The molecule has 2 aromatic rings. The van der Waals surface area contributed by atoms with Gasteiger partial charge in [-0.05, 0) is 47.2 Å². The van der Waals surface area contributed by atoms with Crippen LogP contribution in [0.5, 0.6) is 5.75 Å². The van der Waals surface area contributed by atoms with Gasteiger partial charge in [0.25, 0.3) is 0 Å². The van der Waals surface area contributed by atoms with Crippen molar-refractivity contribution in [1.29, 1.82) is 0 Å². The smallest absolute Gasteiger partial charge is 0.242 e. The van der Waals surface area contributed by atoms with Crippen LogP contribution in [0.2, 0.25) is 0 Å². The van der Waals surface area contributed by atoms with E-state index in [-0.39, 0.29) is 11.2 Å². The normalized spacial score (nSPS) is 16.7. The average molecular weight is 285 g/mol. The standard InChI is InChI=1S/C16H15NO2S/c1-19-12-6-3-10(4-7-12)11-5-8-14-13(9-11)15(20-2)16(18)17-14/h3-9,15H,1-2H3,(H,17,18). The Bertz CT molecular complexity index is 652. The summed E-state index contributed by atoms with van der Waals surface area (Å²) in [5.41, 5.74) is 4.22. The first-order chi connectivity index (χ1) is 9.72. The lowest BCUT2D eigenvalue weighted by Crippen LogP contribution is -2.08. The summed E-state index contributed by atoms with van der Waals surface area (Å²) in [5, 5.41) is 2.81. The number of carbonyl (C=O) groups is 1. The SMILES string of the molecule is COc1ccc(-c2ccc3c(c2)C(SC)C(=O)N3)cc1. The van der Waals surface area contributed by atoms with Crippen molar-refractivity contribution in [3.63, 3.8) is 0 Å². The van der Waals surface area contributed by atoms with Gasteiger partial charge in [0.1, 0.15) is 11.0 Å². The van der Waals surface area contributed by atoms with Crippen LogP contribution in [0.15, 0.2) is 42.5 Å². The third-order valence-electron chi connectivity index (χ3n) is 3.49. The molecular formula is C16H15NO2S. The third-order valence-corrected chi connectivity index (χ3v) is 4.43. The van der Waals surface area contributed by atoms with Crippen molar-refractivity contribution in [2.75, 3.05) is 18.7 Å². The fraction of sp³-hybridized carbons (Fsp3) is 0.188. The van der Waals surface area contributed by atoms with E-state index in [1.54, 1.807) is 18.9 Å². The van der Waals surface area contributed by atoms with Gasteiger partial charge in [0.2, 0.25) is 5.91 Å². The van der Waals surface area contributed by atoms with Gasteiger partial charge in [0.15, 0.2) is 0 Å². The van der Waals surface area contributed by atoms with Crippen LogP contribution in [0, 0.1) is 0 Å². The van der Waals surface area contributed by atoms with Crippen molar-refractivity contribution in [3.05, 3.63) is 48.0 Å². The molecule has 0 radical (unpaired) electrons. The molecule has 0 spiro atoms. The summed E-state index contributed by atoms with van der Waals surface area (Å²) in [4.78, 5) is 11.8. The van der Waals surface area contributed by atoms with Gasteiger partial charge >= 0.3 is 0 Å². The molecule has 1 N–H and O–H groups in total. The van der Waals surface area contributed by atoms with Crippen molar-refractivity contribution < 1.29 is 9.53 Å². The van der Waals surface area contributed by atoms with Crippen molar-refractivity contribution in [1.82, 2.24) is 0 Å². The molecule has 0 bridgehead atoms. The predicted molar refractivity (Wildman–Crippen MR) is 83.3 cm³/mol. The molecule has 2 aromatic carbocycles. The quantitative estimate of drug-likeness (QED) is 0.934. The lowest BCUT2D eigenvalue weighted by Gasteiger charge is -2.08. The number of thioether (sulfide) groups is 1. The minimum Gasteiger partial charge on any atom is -0.497 e. The van der Waals surface area contributed by atoms with Crippen molar-refractivity contribution >= 4 is 23.4 Å². The molecular weight excluding hydrogens is 270 g/mol. The second-order valence-corrected chi connectivity index (χ2v) is 5.58. The Morgan fingerprint density at radius 2 is 1.80 bits per heavy atom. The Kier molecular flexibility index (Phi) is 3.40. The summed E-state index contributed by atoms with van der Waals surface area (Å²) < 4.78 is 5.17. The summed E-state index contributed by atoms with van der Waals surface area (Å²) in [6, 6.07) is 14.0. The molecule has 1 heterocycles. The minimum absolute atomic E-state index is 0.0689. The second kappa shape index (κ2) is 5.21. The highest BCUT2D eigenvalue weighted by molar-refractivity contribution is 7.99. The maximum atomic E-state index is 11.8. The minimum atomic E-state index is -0.108. The number of hydrogen-bond donors (Lipinski definition) is 1. The third kappa shape index (κ3) is 2.16. The van der Waals surface area contributed by atoms with Crippen LogP contribution in [-0.4, -0.2) is 19.3 Å². The number of benzene rings is 2. The molecule has 1 atom stereocenters. The molecule has 1 amide bonds. The van der Waals surface area contributed by atoms with Crippen LogP contribution in [0.4, 0.5) is 5.69 Å². The van der Waals surface area contributed by atoms with Crippen molar-refractivity contribution in [3.8, 4) is 16.9 Å². The van der Waals surface area contributed by atoms with Crippen LogP contribution in [0.1, 0.15) is 10.8 Å². The van der Waals surface area contributed by atoms with Crippen LogP contribution < -0.4 is 10.1 Å². The van der Waals surface area contributed by atoms with Gasteiger partial charge in [-0.15, -0.1) is 11.8 Å². The van der Waals surface area contributed by atoms with Gasteiger partial charge in [-0.25, -0.2) is 0 Å². The largest absolute Gasteiger partial charge is 0.497 e. The molecule has 3 rings (SSSR count). The molecule has 0 fully saturated rings. The highest BCUT2D eigenvalue weighted by Crippen LogP contribution is 2.40. The number of nitrogens with one attached hydrogen (secondary N) is 1. The Balaban J connectivity index is 2.00. The zero-order chi connectivity index (χ0) is 14.1. The van der Waals surface area contributed by atoms with E-state index in [1.165, 1.54) is 0 Å². The summed E-state index contributed by atoms with van der Waals surface area (Å²) in [6.45, 7) is 0. The number of carbonyl (C=O) groups excluding carboxylic acids is 1. The predicted octanol–water partition coefficient (Wildman–Crippen LogP) is 3.72. The number of methoxy groups -OCH3 is 1. The summed E-state index contributed by atoms with van der Waals surface area (Å²) in [6.07, 6.45) is 1.96. The molecule has 20 heavy (non-hydrogen) atoms. The Labute approximate surface area is 122 Å². The molecule has 0 saturated carbocycles. The summed E-state index contributed by atoms with van der Waals surface area (Å²) >= 11 is 1.56. The molecule has 1 aliphatic heterocycles. The molecule has 3 nitrogen and oxygen atoms in total.